The SMILES string of the molecule is CCCCc1ccc(CC(=O)NC2CCCC(C(=O)NC(C)C)C2)cc1. The van der Waals surface area contributed by atoms with Crippen LogP contribution in [-0.4, -0.2) is 23.9 Å². The first-order valence-electron chi connectivity index (χ1n) is 10.2. The Bertz CT molecular complexity index is 580. The monoisotopic (exact) mass is 358 g/mol. The summed E-state index contributed by atoms with van der Waals surface area (Å²) < 4.78 is 0. The van der Waals surface area contributed by atoms with Crippen LogP contribution in [0.2, 0.25) is 0 Å². The Morgan fingerprint density at radius 2 is 1.81 bits per heavy atom. The average molecular weight is 359 g/mol. The predicted molar refractivity (Wildman–Crippen MR) is 106 cm³/mol. The summed E-state index contributed by atoms with van der Waals surface area (Å²) in [6, 6.07) is 8.66. The number of rotatable bonds is 8. The molecule has 1 aliphatic rings. The highest BCUT2D eigenvalue weighted by Crippen LogP contribution is 2.24. The van der Waals surface area contributed by atoms with Crippen molar-refractivity contribution in [1.29, 1.82) is 0 Å². The highest BCUT2D eigenvalue weighted by atomic mass is 16.2. The molecule has 1 fully saturated rings. The summed E-state index contributed by atoms with van der Waals surface area (Å²) in [5.41, 5.74) is 2.38. The van der Waals surface area contributed by atoms with E-state index >= 15 is 0 Å². The topological polar surface area (TPSA) is 58.2 Å². The van der Waals surface area contributed by atoms with Crippen molar-refractivity contribution < 1.29 is 9.59 Å². The molecule has 0 aliphatic heterocycles. The molecule has 1 aromatic rings. The summed E-state index contributed by atoms with van der Waals surface area (Å²) in [5, 5.41) is 6.13. The molecule has 1 aliphatic carbocycles. The zero-order valence-electron chi connectivity index (χ0n) is 16.5. The van der Waals surface area contributed by atoms with Crippen LogP contribution >= 0.6 is 0 Å². The molecule has 2 rings (SSSR count). The highest BCUT2D eigenvalue weighted by Gasteiger charge is 2.28. The second kappa shape index (κ2) is 10.3. The fourth-order valence-corrected chi connectivity index (χ4v) is 3.63. The first-order valence-corrected chi connectivity index (χ1v) is 10.2. The molecule has 0 spiro atoms. The van der Waals surface area contributed by atoms with Crippen molar-refractivity contribution in [2.45, 2.75) is 84.2 Å². The van der Waals surface area contributed by atoms with E-state index in [1.807, 2.05) is 13.8 Å². The average Bonchev–Trinajstić information content (AvgIpc) is 2.60. The molecule has 26 heavy (non-hydrogen) atoms. The summed E-state index contributed by atoms with van der Waals surface area (Å²) in [6.07, 6.45) is 7.54. The van der Waals surface area contributed by atoms with Gasteiger partial charge in [0, 0.05) is 18.0 Å². The minimum absolute atomic E-state index is 0.0225. The number of carbonyl (C=O) groups is 2. The molecule has 1 saturated carbocycles. The molecule has 1 aromatic carbocycles. The third-order valence-electron chi connectivity index (χ3n) is 5.05. The zero-order chi connectivity index (χ0) is 18.9. The van der Waals surface area contributed by atoms with E-state index in [0.29, 0.717) is 6.42 Å². The van der Waals surface area contributed by atoms with Crippen molar-refractivity contribution in [3.05, 3.63) is 35.4 Å². The molecule has 0 bridgehead atoms. The second-order valence-corrected chi connectivity index (χ2v) is 7.89. The number of nitrogens with one attached hydrogen (secondary N) is 2. The van der Waals surface area contributed by atoms with Gasteiger partial charge in [-0.1, -0.05) is 44.0 Å². The van der Waals surface area contributed by atoms with Crippen LogP contribution in [-0.2, 0) is 22.4 Å². The van der Waals surface area contributed by atoms with E-state index in [1.54, 1.807) is 0 Å². The van der Waals surface area contributed by atoms with Crippen molar-refractivity contribution in [3.63, 3.8) is 0 Å². The lowest BCUT2D eigenvalue weighted by molar-refractivity contribution is -0.128. The minimum Gasteiger partial charge on any atom is -0.354 e. The lowest BCUT2D eigenvalue weighted by Crippen LogP contribution is -2.44. The molecule has 0 saturated heterocycles. The Kier molecular flexibility index (Phi) is 8.14. The van der Waals surface area contributed by atoms with Crippen molar-refractivity contribution in [1.82, 2.24) is 10.6 Å². The van der Waals surface area contributed by atoms with Crippen molar-refractivity contribution in [2.24, 2.45) is 5.92 Å². The number of aryl methyl sites for hydroxylation is 1. The van der Waals surface area contributed by atoms with Crippen LogP contribution in [0.1, 0.15) is 70.4 Å². The standard InChI is InChI=1S/C22H34N2O2/c1-4-5-7-17-10-12-18(13-11-17)14-21(25)24-20-9-6-8-19(15-20)22(26)23-16(2)3/h10-13,16,19-20H,4-9,14-15H2,1-3H3,(H,23,26)(H,24,25). The van der Waals surface area contributed by atoms with E-state index < -0.39 is 0 Å². The van der Waals surface area contributed by atoms with Crippen LogP contribution in [0.4, 0.5) is 0 Å². The van der Waals surface area contributed by atoms with E-state index in [0.717, 1.165) is 37.7 Å². The summed E-state index contributed by atoms with van der Waals surface area (Å²) in [4.78, 5) is 24.6. The summed E-state index contributed by atoms with van der Waals surface area (Å²) >= 11 is 0. The van der Waals surface area contributed by atoms with Crippen molar-refractivity contribution >= 4 is 11.8 Å². The summed E-state index contributed by atoms with van der Waals surface area (Å²) in [7, 11) is 0. The Hall–Kier alpha value is -1.84. The Labute approximate surface area is 158 Å². The lowest BCUT2D eigenvalue weighted by Gasteiger charge is -2.29. The second-order valence-electron chi connectivity index (χ2n) is 7.89. The van der Waals surface area contributed by atoms with E-state index in [-0.39, 0.29) is 29.8 Å². The van der Waals surface area contributed by atoms with Crippen LogP contribution in [0, 0.1) is 5.92 Å². The number of benzene rings is 1. The van der Waals surface area contributed by atoms with E-state index in [1.165, 1.54) is 18.4 Å². The van der Waals surface area contributed by atoms with E-state index in [2.05, 4.69) is 41.8 Å². The third kappa shape index (κ3) is 6.81. The summed E-state index contributed by atoms with van der Waals surface area (Å²) in [5.74, 6) is 0.206. The largest absolute Gasteiger partial charge is 0.354 e. The number of hydrogen-bond donors (Lipinski definition) is 2. The van der Waals surface area contributed by atoms with Crippen LogP contribution in [0.5, 0.6) is 0 Å². The number of hydrogen-bond acceptors (Lipinski definition) is 2. The van der Waals surface area contributed by atoms with Crippen LogP contribution < -0.4 is 10.6 Å². The Morgan fingerprint density at radius 3 is 2.46 bits per heavy atom. The van der Waals surface area contributed by atoms with Crippen molar-refractivity contribution in [2.75, 3.05) is 0 Å². The molecule has 4 heteroatoms. The quantitative estimate of drug-likeness (QED) is 0.743. The van der Waals surface area contributed by atoms with Gasteiger partial charge in [0.15, 0.2) is 0 Å². The summed E-state index contributed by atoms with van der Waals surface area (Å²) in [6.45, 7) is 6.15. The van der Waals surface area contributed by atoms with Gasteiger partial charge >= 0.3 is 0 Å². The van der Waals surface area contributed by atoms with Crippen LogP contribution in [0.15, 0.2) is 24.3 Å². The molecule has 2 N–H and O–H groups in total. The van der Waals surface area contributed by atoms with Gasteiger partial charge in [-0.25, -0.2) is 0 Å². The normalized spacial score (nSPS) is 20.0. The van der Waals surface area contributed by atoms with Gasteiger partial charge in [0.2, 0.25) is 11.8 Å². The molecule has 2 amide bonds. The molecule has 2 unspecified atom stereocenters. The molecular weight excluding hydrogens is 324 g/mol. The van der Waals surface area contributed by atoms with Gasteiger partial charge in [0.25, 0.3) is 0 Å². The van der Waals surface area contributed by atoms with Gasteiger partial charge in [-0.05, 0) is 57.1 Å². The maximum atomic E-state index is 12.4. The van der Waals surface area contributed by atoms with E-state index in [4.69, 9.17) is 0 Å². The zero-order valence-corrected chi connectivity index (χ0v) is 16.5. The molecule has 0 heterocycles. The first kappa shape index (κ1) is 20.5. The highest BCUT2D eigenvalue weighted by molar-refractivity contribution is 5.80. The number of unbranched alkanes of at least 4 members (excludes halogenated alkanes) is 1. The number of amides is 2. The van der Waals surface area contributed by atoms with Crippen LogP contribution in [0.25, 0.3) is 0 Å². The van der Waals surface area contributed by atoms with Gasteiger partial charge in [-0.2, -0.15) is 0 Å². The lowest BCUT2D eigenvalue weighted by atomic mass is 9.85. The van der Waals surface area contributed by atoms with Crippen LogP contribution in [0.3, 0.4) is 0 Å². The Balaban J connectivity index is 1.80. The fraction of sp³-hybridized carbons (Fsp3) is 0.636. The van der Waals surface area contributed by atoms with Gasteiger partial charge in [0.05, 0.1) is 6.42 Å². The van der Waals surface area contributed by atoms with Gasteiger partial charge in [-0.15, -0.1) is 0 Å². The maximum absolute atomic E-state index is 12.4. The fourth-order valence-electron chi connectivity index (χ4n) is 3.63. The van der Waals surface area contributed by atoms with Gasteiger partial charge < -0.3 is 10.6 Å². The number of carbonyl (C=O) groups excluding carboxylic acids is 2. The minimum atomic E-state index is 0.0225. The van der Waals surface area contributed by atoms with E-state index in [9.17, 15) is 9.59 Å². The molecule has 0 radical (unpaired) electrons. The molecule has 144 valence electrons. The predicted octanol–water partition coefficient (Wildman–Crippen LogP) is 3.77. The maximum Gasteiger partial charge on any atom is 0.224 e. The first-order chi connectivity index (χ1) is 12.5. The third-order valence-corrected chi connectivity index (χ3v) is 5.05. The molecule has 4 nitrogen and oxygen atoms in total. The molecule has 2 atom stereocenters. The Morgan fingerprint density at radius 1 is 1.12 bits per heavy atom. The molecular formula is C22H34N2O2. The van der Waals surface area contributed by atoms with Crippen molar-refractivity contribution in [3.8, 4) is 0 Å². The molecule has 0 aromatic heterocycles. The van der Waals surface area contributed by atoms with Gasteiger partial charge in [0.1, 0.15) is 0 Å². The smallest absolute Gasteiger partial charge is 0.224 e. The van der Waals surface area contributed by atoms with Gasteiger partial charge in [-0.3, -0.25) is 9.59 Å².